The number of anilines is 1. The van der Waals surface area contributed by atoms with Gasteiger partial charge in [-0.25, -0.2) is 0 Å². The quantitative estimate of drug-likeness (QED) is 0.831. The van der Waals surface area contributed by atoms with Gasteiger partial charge in [-0.05, 0) is 42.3 Å². The molecule has 0 aromatic heterocycles. The van der Waals surface area contributed by atoms with E-state index in [0.29, 0.717) is 16.5 Å². The van der Waals surface area contributed by atoms with Crippen molar-refractivity contribution in [2.45, 2.75) is 17.6 Å². The van der Waals surface area contributed by atoms with Gasteiger partial charge in [0.05, 0.1) is 16.6 Å². The Bertz CT molecular complexity index is 645. The zero-order valence-electron chi connectivity index (χ0n) is 10.3. The van der Waals surface area contributed by atoms with Crippen molar-refractivity contribution in [2.24, 2.45) is 0 Å². The molecule has 0 fully saturated rings. The van der Waals surface area contributed by atoms with Gasteiger partial charge in [-0.3, -0.25) is 4.21 Å². The smallest absolute Gasteiger partial charge is 0.0578 e. The van der Waals surface area contributed by atoms with Gasteiger partial charge in [0.2, 0.25) is 0 Å². The second-order valence-electron chi connectivity index (χ2n) is 4.20. The van der Waals surface area contributed by atoms with Gasteiger partial charge in [0.1, 0.15) is 0 Å². The summed E-state index contributed by atoms with van der Waals surface area (Å²) in [6.45, 7) is 1.88. The Balaban J connectivity index is 2.28. The highest BCUT2D eigenvalue weighted by atomic mass is 79.9. The maximum atomic E-state index is 12.4. The second-order valence-corrected chi connectivity index (χ2v) is 6.94. The van der Waals surface area contributed by atoms with Crippen molar-refractivity contribution in [1.29, 1.82) is 0 Å². The first kappa shape index (κ1) is 14.6. The molecule has 100 valence electrons. The Morgan fingerprint density at radius 1 is 1.32 bits per heavy atom. The van der Waals surface area contributed by atoms with Gasteiger partial charge in [0, 0.05) is 20.1 Å². The lowest BCUT2D eigenvalue weighted by Gasteiger charge is -2.09. The van der Waals surface area contributed by atoms with E-state index in [1.165, 1.54) is 0 Å². The van der Waals surface area contributed by atoms with Gasteiger partial charge >= 0.3 is 0 Å². The average molecular weight is 359 g/mol. The number of nitrogen functional groups attached to an aromatic ring is 1. The van der Waals surface area contributed by atoms with Gasteiger partial charge < -0.3 is 5.73 Å². The summed E-state index contributed by atoms with van der Waals surface area (Å²) >= 11 is 9.49. The summed E-state index contributed by atoms with van der Waals surface area (Å²) in [5.41, 5.74) is 8.23. The molecule has 1 unspecified atom stereocenters. The van der Waals surface area contributed by atoms with Crippen LogP contribution in [0.25, 0.3) is 0 Å². The van der Waals surface area contributed by atoms with Crippen LogP contribution in [0.5, 0.6) is 0 Å². The molecule has 2 N–H and O–H groups in total. The van der Waals surface area contributed by atoms with Crippen LogP contribution < -0.4 is 5.73 Å². The van der Waals surface area contributed by atoms with Crippen molar-refractivity contribution < 1.29 is 4.21 Å². The van der Waals surface area contributed by atoms with Crippen molar-refractivity contribution in [1.82, 2.24) is 0 Å². The summed E-state index contributed by atoms with van der Waals surface area (Å²) in [4.78, 5) is 0.763. The second kappa shape index (κ2) is 6.07. The minimum absolute atomic E-state index is 0.385. The van der Waals surface area contributed by atoms with E-state index in [2.05, 4.69) is 15.9 Å². The van der Waals surface area contributed by atoms with Gasteiger partial charge in [-0.2, -0.15) is 0 Å². The first-order valence-corrected chi connectivity index (χ1v) is 8.15. The molecule has 2 aromatic rings. The van der Waals surface area contributed by atoms with Crippen LogP contribution in [0.2, 0.25) is 5.02 Å². The van der Waals surface area contributed by atoms with Crippen LogP contribution in [-0.2, 0) is 16.6 Å². The largest absolute Gasteiger partial charge is 0.398 e. The fraction of sp³-hybridized carbons (Fsp3) is 0.143. The van der Waals surface area contributed by atoms with Crippen LogP contribution in [-0.4, -0.2) is 4.21 Å². The Morgan fingerprint density at radius 2 is 2.05 bits per heavy atom. The number of hydrogen-bond acceptors (Lipinski definition) is 2. The molecule has 0 radical (unpaired) electrons. The van der Waals surface area contributed by atoms with Crippen molar-refractivity contribution >= 4 is 44.0 Å². The van der Waals surface area contributed by atoms with E-state index < -0.39 is 10.8 Å². The number of rotatable bonds is 3. The third kappa shape index (κ3) is 3.38. The number of nitrogens with two attached hydrogens (primary N) is 1. The summed E-state index contributed by atoms with van der Waals surface area (Å²) < 4.78 is 13.3. The average Bonchev–Trinajstić information content (AvgIpc) is 2.36. The zero-order chi connectivity index (χ0) is 14.0. The molecule has 0 heterocycles. The van der Waals surface area contributed by atoms with E-state index in [9.17, 15) is 4.21 Å². The Hall–Kier alpha value is -0.840. The number of halogens is 2. The van der Waals surface area contributed by atoms with E-state index >= 15 is 0 Å². The van der Waals surface area contributed by atoms with Crippen LogP contribution in [0.4, 0.5) is 5.69 Å². The molecule has 0 amide bonds. The lowest BCUT2D eigenvalue weighted by Crippen LogP contribution is -2.01. The van der Waals surface area contributed by atoms with E-state index in [1.54, 1.807) is 6.07 Å². The molecule has 19 heavy (non-hydrogen) atoms. The highest BCUT2D eigenvalue weighted by Crippen LogP contribution is 2.26. The monoisotopic (exact) mass is 357 g/mol. The highest BCUT2D eigenvalue weighted by Gasteiger charge is 2.11. The van der Waals surface area contributed by atoms with Crippen LogP contribution >= 0.6 is 27.5 Å². The summed E-state index contributed by atoms with van der Waals surface area (Å²) in [5, 5.41) is 0.615. The maximum absolute atomic E-state index is 12.4. The minimum Gasteiger partial charge on any atom is -0.398 e. The van der Waals surface area contributed by atoms with E-state index in [-0.39, 0.29) is 0 Å². The standard InChI is InChI=1S/C14H13BrClNOS/c1-9-13(17)3-2-4-14(9)19(18)8-10-5-6-11(15)7-12(10)16/h2-7H,8,17H2,1H3. The van der Waals surface area contributed by atoms with Crippen LogP contribution in [0.3, 0.4) is 0 Å². The molecule has 0 bridgehead atoms. The van der Waals surface area contributed by atoms with Crippen molar-refractivity contribution in [3.63, 3.8) is 0 Å². The van der Waals surface area contributed by atoms with Crippen molar-refractivity contribution in [3.05, 3.63) is 57.0 Å². The molecule has 2 rings (SSSR count). The lowest BCUT2D eigenvalue weighted by atomic mass is 10.2. The summed E-state index contributed by atoms with van der Waals surface area (Å²) in [6.07, 6.45) is 0. The number of hydrogen-bond donors (Lipinski definition) is 1. The van der Waals surface area contributed by atoms with Crippen LogP contribution in [0, 0.1) is 6.92 Å². The third-order valence-electron chi connectivity index (χ3n) is 2.87. The normalized spacial score (nSPS) is 12.4. The van der Waals surface area contributed by atoms with E-state index in [1.807, 2.05) is 37.3 Å². The van der Waals surface area contributed by atoms with E-state index in [4.69, 9.17) is 17.3 Å². The summed E-state index contributed by atoms with van der Waals surface area (Å²) in [5.74, 6) is 0.385. The fourth-order valence-corrected chi connectivity index (χ4v) is 3.93. The maximum Gasteiger partial charge on any atom is 0.0578 e. The predicted octanol–water partition coefficient (Wildman–Crippen LogP) is 4.30. The zero-order valence-corrected chi connectivity index (χ0v) is 13.5. The minimum atomic E-state index is -1.15. The molecule has 5 heteroatoms. The van der Waals surface area contributed by atoms with Gasteiger partial charge in [-0.15, -0.1) is 0 Å². The molecule has 0 saturated carbocycles. The first-order valence-electron chi connectivity index (χ1n) is 5.66. The van der Waals surface area contributed by atoms with Crippen molar-refractivity contribution in [2.75, 3.05) is 5.73 Å². The third-order valence-corrected chi connectivity index (χ3v) is 5.22. The molecular formula is C14H13BrClNOS. The molecule has 0 aliphatic carbocycles. The predicted molar refractivity (Wildman–Crippen MR) is 84.9 cm³/mol. The van der Waals surface area contributed by atoms with Gasteiger partial charge in [-0.1, -0.05) is 39.7 Å². The van der Waals surface area contributed by atoms with Crippen LogP contribution in [0.1, 0.15) is 11.1 Å². The topological polar surface area (TPSA) is 43.1 Å². The lowest BCUT2D eigenvalue weighted by molar-refractivity contribution is 0.682. The number of benzene rings is 2. The Labute approximate surface area is 128 Å². The molecule has 0 saturated heterocycles. The van der Waals surface area contributed by atoms with Crippen molar-refractivity contribution in [3.8, 4) is 0 Å². The Morgan fingerprint density at radius 3 is 2.74 bits per heavy atom. The Kier molecular flexibility index (Phi) is 4.66. The SMILES string of the molecule is Cc1c(N)cccc1S(=O)Cc1ccc(Br)cc1Cl. The van der Waals surface area contributed by atoms with Crippen LogP contribution in [0.15, 0.2) is 45.8 Å². The molecule has 2 aromatic carbocycles. The molecular weight excluding hydrogens is 346 g/mol. The highest BCUT2D eigenvalue weighted by molar-refractivity contribution is 9.10. The first-order chi connectivity index (χ1) is 8.99. The summed E-state index contributed by atoms with van der Waals surface area (Å²) in [6, 6.07) is 11.0. The molecule has 1 atom stereocenters. The fourth-order valence-electron chi connectivity index (χ4n) is 1.74. The van der Waals surface area contributed by atoms with Gasteiger partial charge in [0.15, 0.2) is 0 Å². The molecule has 0 aliphatic heterocycles. The van der Waals surface area contributed by atoms with Gasteiger partial charge in [0.25, 0.3) is 0 Å². The molecule has 0 aliphatic rings. The summed E-state index contributed by atoms with van der Waals surface area (Å²) in [7, 11) is -1.15. The molecule has 2 nitrogen and oxygen atoms in total. The van der Waals surface area contributed by atoms with E-state index in [0.717, 1.165) is 20.5 Å². The molecule has 0 spiro atoms.